The van der Waals surface area contributed by atoms with Crippen LogP contribution in [0.3, 0.4) is 0 Å². The number of benzene rings is 1. The van der Waals surface area contributed by atoms with E-state index in [0.717, 1.165) is 0 Å². The molecule has 0 saturated carbocycles. The second-order valence-electron chi connectivity index (χ2n) is 3.90. The zero-order chi connectivity index (χ0) is 16.0. The molecule has 8 heteroatoms. The Balaban J connectivity index is 3.03. The van der Waals surface area contributed by atoms with Crippen LogP contribution in [0.2, 0.25) is 0 Å². The standard InChI is InChI=1S/C13H15F4NO3/c1-3-20-8-5-6-10(21-4-2)9(7-8)18-12(19)13(16,17)11(14)15/h5-7,11H,3-4H2,1-2H3,(H,18,19). The number of ether oxygens (including phenoxy) is 2. The lowest BCUT2D eigenvalue weighted by atomic mass is 10.2. The van der Waals surface area contributed by atoms with Crippen LogP contribution in [-0.2, 0) is 4.79 Å². The van der Waals surface area contributed by atoms with Crippen molar-refractivity contribution in [2.24, 2.45) is 0 Å². The number of alkyl halides is 4. The summed E-state index contributed by atoms with van der Waals surface area (Å²) in [6.07, 6.45) is -4.09. The number of anilines is 1. The van der Waals surface area contributed by atoms with E-state index in [1.807, 2.05) is 0 Å². The van der Waals surface area contributed by atoms with Crippen molar-refractivity contribution >= 4 is 11.6 Å². The van der Waals surface area contributed by atoms with Gasteiger partial charge in [-0.05, 0) is 26.0 Å². The van der Waals surface area contributed by atoms with Gasteiger partial charge in [0.1, 0.15) is 11.5 Å². The lowest BCUT2D eigenvalue weighted by Gasteiger charge is -2.17. The molecule has 118 valence electrons. The van der Waals surface area contributed by atoms with E-state index >= 15 is 0 Å². The first-order valence-corrected chi connectivity index (χ1v) is 6.20. The van der Waals surface area contributed by atoms with Crippen LogP contribution in [-0.4, -0.2) is 31.5 Å². The summed E-state index contributed by atoms with van der Waals surface area (Å²) >= 11 is 0. The van der Waals surface area contributed by atoms with E-state index in [4.69, 9.17) is 9.47 Å². The highest BCUT2D eigenvalue weighted by molar-refractivity contribution is 5.97. The molecule has 0 unspecified atom stereocenters. The lowest BCUT2D eigenvalue weighted by molar-refractivity contribution is -0.163. The van der Waals surface area contributed by atoms with Gasteiger partial charge in [-0.25, -0.2) is 8.78 Å². The maximum Gasteiger partial charge on any atom is 0.383 e. The molecule has 1 rings (SSSR count). The Kier molecular flexibility index (Phi) is 5.80. The van der Waals surface area contributed by atoms with Crippen molar-refractivity contribution in [2.75, 3.05) is 18.5 Å². The van der Waals surface area contributed by atoms with Crippen molar-refractivity contribution in [1.82, 2.24) is 0 Å². The SMILES string of the molecule is CCOc1ccc(OCC)c(NC(=O)C(F)(F)C(F)F)c1. The molecule has 0 saturated heterocycles. The van der Waals surface area contributed by atoms with E-state index in [0.29, 0.717) is 6.61 Å². The number of amides is 1. The Labute approximate surface area is 119 Å². The van der Waals surface area contributed by atoms with Gasteiger partial charge in [-0.3, -0.25) is 4.79 Å². The molecule has 0 aliphatic carbocycles. The largest absolute Gasteiger partial charge is 0.494 e. The van der Waals surface area contributed by atoms with E-state index in [1.54, 1.807) is 19.2 Å². The van der Waals surface area contributed by atoms with E-state index in [2.05, 4.69) is 0 Å². The minimum atomic E-state index is -4.79. The average molecular weight is 309 g/mol. The van der Waals surface area contributed by atoms with Crippen LogP contribution in [0.25, 0.3) is 0 Å². The fourth-order valence-corrected chi connectivity index (χ4v) is 1.45. The lowest BCUT2D eigenvalue weighted by Crippen LogP contribution is -2.41. The molecule has 0 aromatic heterocycles. The summed E-state index contributed by atoms with van der Waals surface area (Å²) in [5.74, 6) is -6.52. The Morgan fingerprint density at radius 1 is 1.24 bits per heavy atom. The maximum absolute atomic E-state index is 13.0. The number of hydrogen-bond acceptors (Lipinski definition) is 3. The predicted octanol–water partition coefficient (Wildman–Crippen LogP) is 3.32. The van der Waals surface area contributed by atoms with Crippen molar-refractivity contribution in [3.63, 3.8) is 0 Å². The van der Waals surface area contributed by atoms with Crippen LogP contribution in [0.5, 0.6) is 11.5 Å². The number of hydrogen-bond donors (Lipinski definition) is 1. The fraction of sp³-hybridized carbons (Fsp3) is 0.462. The van der Waals surface area contributed by atoms with Crippen molar-refractivity contribution in [2.45, 2.75) is 26.2 Å². The third kappa shape index (κ3) is 4.24. The summed E-state index contributed by atoms with van der Waals surface area (Å²) in [5.41, 5.74) is -0.159. The molecule has 0 bridgehead atoms. The topological polar surface area (TPSA) is 47.6 Å². The second kappa shape index (κ2) is 7.14. The summed E-state index contributed by atoms with van der Waals surface area (Å²) < 4.78 is 60.5. The maximum atomic E-state index is 13.0. The first-order chi connectivity index (χ1) is 9.82. The van der Waals surface area contributed by atoms with Gasteiger partial charge in [-0.15, -0.1) is 0 Å². The van der Waals surface area contributed by atoms with Crippen LogP contribution in [0.1, 0.15) is 13.8 Å². The molecule has 0 spiro atoms. The van der Waals surface area contributed by atoms with Crippen LogP contribution in [0, 0.1) is 0 Å². The van der Waals surface area contributed by atoms with Gasteiger partial charge in [0, 0.05) is 6.07 Å². The number of rotatable bonds is 7. The van der Waals surface area contributed by atoms with Crippen molar-refractivity contribution in [3.05, 3.63) is 18.2 Å². The van der Waals surface area contributed by atoms with E-state index in [-0.39, 0.29) is 23.8 Å². The van der Waals surface area contributed by atoms with Crippen LogP contribution >= 0.6 is 0 Å². The van der Waals surface area contributed by atoms with Gasteiger partial charge in [0.25, 0.3) is 0 Å². The number of carbonyl (C=O) groups excluding carboxylic acids is 1. The highest BCUT2D eigenvalue weighted by Crippen LogP contribution is 2.32. The molecule has 0 atom stereocenters. The third-order valence-electron chi connectivity index (χ3n) is 2.39. The van der Waals surface area contributed by atoms with Gasteiger partial charge < -0.3 is 14.8 Å². The van der Waals surface area contributed by atoms with Crippen LogP contribution < -0.4 is 14.8 Å². The first kappa shape index (κ1) is 17.1. The molecule has 4 nitrogen and oxygen atoms in total. The number of carbonyl (C=O) groups is 1. The predicted molar refractivity (Wildman–Crippen MR) is 68.4 cm³/mol. The molecule has 0 aliphatic heterocycles. The monoisotopic (exact) mass is 309 g/mol. The summed E-state index contributed by atoms with van der Waals surface area (Å²) in [7, 11) is 0. The van der Waals surface area contributed by atoms with E-state index in [9.17, 15) is 22.4 Å². The van der Waals surface area contributed by atoms with Crippen molar-refractivity contribution in [3.8, 4) is 11.5 Å². The van der Waals surface area contributed by atoms with Gasteiger partial charge in [0.2, 0.25) is 0 Å². The first-order valence-electron chi connectivity index (χ1n) is 6.20. The fourth-order valence-electron chi connectivity index (χ4n) is 1.45. The highest BCUT2D eigenvalue weighted by atomic mass is 19.3. The zero-order valence-electron chi connectivity index (χ0n) is 11.5. The second-order valence-corrected chi connectivity index (χ2v) is 3.90. The Morgan fingerprint density at radius 2 is 1.86 bits per heavy atom. The molecule has 0 aliphatic rings. The van der Waals surface area contributed by atoms with Gasteiger partial charge >= 0.3 is 18.3 Å². The normalized spacial score (nSPS) is 11.4. The third-order valence-corrected chi connectivity index (χ3v) is 2.39. The zero-order valence-corrected chi connectivity index (χ0v) is 11.5. The van der Waals surface area contributed by atoms with Gasteiger partial charge in [-0.2, -0.15) is 8.78 Å². The molecule has 0 heterocycles. The van der Waals surface area contributed by atoms with E-state index in [1.165, 1.54) is 18.2 Å². The molecular weight excluding hydrogens is 294 g/mol. The quantitative estimate of drug-likeness (QED) is 0.786. The molecule has 1 aromatic carbocycles. The Bertz CT molecular complexity index is 494. The van der Waals surface area contributed by atoms with Crippen LogP contribution in [0.15, 0.2) is 18.2 Å². The minimum Gasteiger partial charge on any atom is -0.494 e. The van der Waals surface area contributed by atoms with Gasteiger partial charge in [-0.1, -0.05) is 0 Å². The molecule has 21 heavy (non-hydrogen) atoms. The molecule has 0 fully saturated rings. The molecule has 0 radical (unpaired) electrons. The summed E-state index contributed by atoms with van der Waals surface area (Å²) in [4.78, 5) is 11.3. The van der Waals surface area contributed by atoms with Crippen LogP contribution in [0.4, 0.5) is 23.2 Å². The Hall–Kier alpha value is -1.99. The van der Waals surface area contributed by atoms with E-state index < -0.39 is 18.3 Å². The molecule has 1 N–H and O–H groups in total. The van der Waals surface area contributed by atoms with Crippen molar-refractivity contribution in [1.29, 1.82) is 0 Å². The Morgan fingerprint density at radius 3 is 2.38 bits per heavy atom. The molecular formula is C13H15F4NO3. The summed E-state index contributed by atoms with van der Waals surface area (Å²) in [6.45, 7) is 3.88. The number of nitrogens with one attached hydrogen (secondary N) is 1. The minimum absolute atomic E-state index is 0.0827. The summed E-state index contributed by atoms with van der Waals surface area (Å²) in [6, 6.07) is 4.13. The number of halogens is 4. The van der Waals surface area contributed by atoms with Gasteiger partial charge in [0.05, 0.1) is 18.9 Å². The molecule has 1 aromatic rings. The van der Waals surface area contributed by atoms with Gasteiger partial charge in [0.15, 0.2) is 0 Å². The average Bonchev–Trinajstić information content (AvgIpc) is 2.41. The summed E-state index contributed by atoms with van der Waals surface area (Å²) in [5, 5.41) is 1.74. The smallest absolute Gasteiger partial charge is 0.383 e. The molecule has 1 amide bonds. The van der Waals surface area contributed by atoms with Crippen molar-refractivity contribution < 1.29 is 31.8 Å². The highest BCUT2D eigenvalue weighted by Gasteiger charge is 2.49.